The van der Waals surface area contributed by atoms with Gasteiger partial charge in [0.25, 0.3) is 0 Å². The van der Waals surface area contributed by atoms with Crippen molar-refractivity contribution >= 4 is 5.97 Å². The van der Waals surface area contributed by atoms with E-state index < -0.39 is 12.0 Å². The summed E-state index contributed by atoms with van der Waals surface area (Å²) in [5.41, 5.74) is 5.53. The number of methoxy groups -OCH3 is 1. The van der Waals surface area contributed by atoms with Gasteiger partial charge in [-0.05, 0) is 12.8 Å². The minimum Gasteiger partial charge on any atom is -0.468 e. The van der Waals surface area contributed by atoms with E-state index in [1.165, 1.54) is 7.11 Å². The van der Waals surface area contributed by atoms with Crippen LogP contribution in [-0.4, -0.2) is 39.7 Å². The number of rotatable bonds is 5. The minimum atomic E-state index is -0.563. The van der Waals surface area contributed by atoms with Crippen LogP contribution in [0.3, 0.4) is 0 Å². The maximum atomic E-state index is 10.9. The second-order valence-electron chi connectivity index (χ2n) is 2.85. The van der Waals surface area contributed by atoms with Crippen LogP contribution in [0.15, 0.2) is 0 Å². The monoisotopic (exact) mass is 199 g/mol. The van der Waals surface area contributed by atoms with Gasteiger partial charge in [-0.1, -0.05) is 5.21 Å². The molecule has 0 fully saturated rings. The molecule has 78 valence electrons. The first-order chi connectivity index (χ1) is 6.74. The molecule has 0 saturated heterocycles. The van der Waals surface area contributed by atoms with Gasteiger partial charge < -0.3 is 10.5 Å². The van der Waals surface area contributed by atoms with Crippen molar-refractivity contribution in [2.75, 3.05) is 7.11 Å². The van der Waals surface area contributed by atoms with Crippen LogP contribution in [0.5, 0.6) is 0 Å². The van der Waals surface area contributed by atoms with E-state index in [1.807, 2.05) is 0 Å². The van der Waals surface area contributed by atoms with E-state index >= 15 is 0 Å². The van der Waals surface area contributed by atoms with Crippen molar-refractivity contribution in [3.63, 3.8) is 0 Å². The molecule has 1 unspecified atom stereocenters. The Labute approximate surface area is 81.0 Å². The Morgan fingerprint density at radius 3 is 3.07 bits per heavy atom. The largest absolute Gasteiger partial charge is 0.468 e. The minimum absolute atomic E-state index is 0.391. The lowest BCUT2D eigenvalue weighted by Gasteiger charge is -2.07. The first-order valence-electron chi connectivity index (χ1n) is 4.29. The summed E-state index contributed by atoms with van der Waals surface area (Å²) < 4.78 is 4.49. The van der Waals surface area contributed by atoms with Crippen LogP contribution < -0.4 is 5.73 Å². The molecule has 0 spiro atoms. The summed E-state index contributed by atoms with van der Waals surface area (Å²) >= 11 is 0. The Morgan fingerprint density at radius 1 is 1.71 bits per heavy atom. The van der Waals surface area contributed by atoms with Crippen LogP contribution in [-0.2, 0) is 16.0 Å². The molecule has 7 heteroatoms. The zero-order chi connectivity index (χ0) is 10.4. The number of nitrogens with one attached hydrogen (secondary N) is 1. The van der Waals surface area contributed by atoms with Gasteiger partial charge in [-0.2, -0.15) is 5.21 Å². The highest BCUT2D eigenvalue weighted by atomic mass is 16.5. The molecule has 1 heterocycles. The summed E-state index contributed by atoms with van der Waals surface area (Å²) in [5.74, 6) is 0.236. The van der Waals surface area contributed by atoms with Crippen LogP contribution in [0.1, 0.15) is 18.7 Å². The van der Waals surface area contributed by atoms with Gasteiger partial charge in [0.15, 0.2) is 5.82 Å². The summed E-state index contributed by atoms with van der Waals surface area (Å²) in [4.78, 5) is 10.9. The van der Waals surface area contributed by atoms with Crippen molar-refractivity contribution in [2.24, 2.45) is 5.73 Å². The van der Waals surface area contributed by atoms with E-state index in [1.54, 1.807) is 0 Å². The van der Waals surface area contributed by atoms with Crippen molar-refractivity contribution in [1.82, 2.24) is 20.6 Å². The third-order valence-electron chi connectivity index (χ3n) is 1.81. The number of hydrogen-bond donors (Lipinski definition) is 2. The van der Waals surface area contributed by atoms with Crippen LogP contribution in [0, 0.1) is 0 Å². The zero-order valence-corrected chi connectivity index (χ0v) is 7.93. The number of nitrogens with two attached hydrogens (primary N) is 1. The molecule has 3 N–H and O–H groups in total. The maximum Gasteiger partial charge on any atom is 0.322 e. The third-order valence-corrected chi connectivity index (χ3v) is 1.81. The summed E-state index contributed by atoms with van der Waals surface area (Å²) in [5, 5.41) is 13.3. The number of ether oxygens (including phenoxy) is 1. The van der Waals surface area contributed by atoms with Gasteiger partial charge in [-0.15, -0.1) is 10.2 Å². The van der Waals surface area contributed by atoms with Crippen molar-refractivity contribution in [3.8, 4) is 0 Å². The maximum absolute atomic E-state index is 10.9. The summed E-state index contributed by atoms with van der Waals surface area (Å²) in [6, 6.07) is -0.563. The van der Waals surface area contributed by atoms with Crippen LogP contribution in [0.2, 0.25) is 0 Å². The fourth-order valence-electron chi connectivity index (χ4n) is 1.04. The van der Waals surface area contributed by atoms with Gasteiger partial charge in [0, 0.05) is 6.42 Å². The standard InChI is InChI=1S/C7H13N5O2/c1-14-7(13)5(8)3-2-4-6-9-11-12-10-6/h5H,2-4,8H2,1H3,(H,9,10,11,12). The number of aryl methyl sites for hydroxylation is 1. The topological polar surface area (TPSA) is 107 Å². The van der Waals surface area contributed by atoms with Crippen molar-refractivity contribution in [3.05, 3.63) is 5.82 Å². The van der Waals surface area contributed by atoms with Gasteiger partial charge >= 0.3 is 5.97 Å². The molecule has 0 aromatic carbocycles. The Hall–Kier alpha value is -1.50. The number of aromatic nitrogens is 4. The molecule has 0 aliphatic heterocycles. The van der Waals surface area contributed by atoms with E-state index in [0.717, 1.165) is 6.42 Å². The van der Waals surface area contributed by atoms with Gasteiger partial charge in [0.05, 0.1) is 7.11 Å². The fraction of sp³-hybridized carbons (Fsp3) is 0.714. The van der Waals surface area contributed by atoms with Crippen molar-refractivity contribution in [1.29, 1.82) is 0 Å². The lowest BCUT2D eigenvalue weighted by Crippen LogP contribution is -2.31. The summed E-state index contributed by atoms with van der Waals surface area (Å²) in [7, 11) is 1.32. The highest BCUT2D eigenvalue weighted by Gasteiger charge is 2.13. The van der Waals surface area contributed by atoms with Crippen LogP contribution in [0.4, 0.5) is 0 Å². The summed E-state index contributed by atoms with van der Waals surface area (Å²) in [6.07, 6.45) is 1.94. The van der Waals surface area contributed by atoms with E-state index in [4.69, 9.17) is 5.73 Å². The number of carbonyl (C=O) groups is 1. The molecule has 0 aliphatic rings. The first kappa shape index (κ1) is 10.6. The molecule has 0 bridgehead atoms. The number of aromatic amines is 1. The number of carbonyl (C=O) groups excluding carboxylic acids is 1. The first-order valence-corrected chi connectivity index (χ1v) is 4.29. The van der Waals surface area contributed by atoms with Crippen LogP contribution >= 0.6 is 0 Å². The molecule has 0 radical (unpaired) electrons. The van der Waals surface area contributed by atoms with E-state index in [9.17, 15) is 4.79 Å². The van der Waals surface area contributed by atoms with Gasteiger partial charge in [-0.25, -0.2) is 0 Å². The molecule has 0 aliphatic carbocycles. The van der Waals surface area contributed by atoms with Gasteiger partial charge in [0.2, 0.25) is 0 Å². The van der Waals surface area contributed by atoms with E-state index in [2.05, 4.69) is 25.4 Å². The molecule has 0 amide bonds. The predicted molar refractivity (Wildman–Crippen MR) is 47.1 cm³/mol. The molecule has 14 heavy (non-hydrogen) atoms. The van der Waals surface area contributed by atoms with Crippen molar-refractivity contribution in [2.45, 2.75) is 25.3 Å². The number of nitrogens with zero attached hydrogens (tertiary/aromatic N) is 3. The van der Waals surface area contributed by atoms with Gasteiger partial charge in [0.1, 0.15) is 6.04 Å². The molecule has 1 aromatic rings. The average molecular weight is 199 g/mol. The van der Waals surface area contributed by atoms with Gasteiger partial charge in [-0.3, -0.25) is 4.79 Å². The third kappa shape index (κ3) is 3.09. The lowest BCUT2D eigenvalue weighted by atomic mass is 10.1. The SMILES string of the molecule is COC(=O)C(N)CCCc1nn[nH]n1. The lowest BCUT2D eigenvalue weighted by molar-refractivity contribution is -0.142. The van der Waals surface area contributed by atoms with Crippen molar-refractivity contribution < 1.29 is 9.53 Å². The van der Waals surface area contributed by atoms with E-state index in [0.29, 0.717) is 18.7 Å². The fourth-order valence-corrected chi connectivity index (χ4v) is 1.04. The molecule has 0 saturated carbocycles. The van der Waals surface area contributed by atoms with Crippen LogP contribution in [0.25, 0.3) is 0 Å². The molecule has 1 atom stereocenters. The number of H-pyrrole nitrogens is 1. The summed E-state index contributed by atoms with van der Waals surface area (Å²) in [6.45, 7) is 0. The highest BCUT2D eigenvalue weighted by Crippen LogP contribution is 2.00. The number of esters is 1. The second-order valence-corrected chi connectivity index (χ2v) is 2.85. The Balaban J connectivity index is 2.18. The Kier molecular flexibility index (Phi) is 3.99. The normalized spacial score (nSPS) is 12.4. The second kappa shape index (κ2) is 5.28. The molecule has 7 nitrogen and oxygen atoms in total. The van der Waals surface area contributed by atoms with E-state index in [-0.39, 0.29) is 0 Å². The quantitative estimate of drug-likeness (QED) is 0.590. The average Bonchev–Trinajstić information content (AvgIpc) is 2.69. The zero-order valence-electron chi connectivity index (χ0n) is 7.93. The predicted octanol–water partition coefficient (Wildman–Crippen LogP) is -0.977. The molecule has 1 aromatic heterocycles. The molecular weight excluding hydrogens is 186 g/mol. The Bertz CT molecular complexity index is 274. The molecular formula is C7H13N5O2. The molecule has 1 rings (SSSR count). The highest BCUT2D eigenvalue weighted by molar-refractivity contribution is 5.75. The smallest absolute Gasteiger partial charge is 0.322 e. The Morgan fingerprint density at radius 2 is 2.50 bits per heavy atom. The number of tetrazole rings is 1. The number of hydrogen-bond acceptors (Lipinski definition) is 6.